The number of nitrogens with one attached hydrogen (secondary N) is 1. The molecule has 0 aromatic carbocycles. The Morgan fingerprint density at radius 3 is 3.12 bits per heavy atom. The molecule has 1 heterocycles. The Balaban J connectivity index is 2.40. The maximum Gasteiger partial charge on any atom is 0.224 e. The maximum atomic E-state index is 11.6. The highest BCUT2D eigenvalue weighted by molar-refractivity contribution is 5.90. The normalized spacial score (nSPS) is 12.4. The fourth-order valence-corrected chi connectivity index (χ4v) is 1.35. The number of anilines is 1. The zero-order chi connectivity index (χ0) is 12.7. The lowest BCUT2D eigenvalue weighted by Crippen LogP contribution is -2.19. The molecule has 0 bridgehead atoms. The summed E-state index contributed by atoms with van der Waals surface area (Å²) >= 11 is 0. The SMILES string of the molecule is COCCn1cc(NC(=O)CC(C)CN)cn1. The summed E-state index contributed by atoms with van der Waals surface area (Å²) in [5.41, 5.74) is 6.17. The highest BCUT2D eigenvalue weighted by atomic mass is 16.5. The van der Waals surface area contributed by atoms with Gasteiger partial charge < -0.3 is 15.8 Å². The zero-order valence-corrected chi connectivity index (χ0v) is 10.3. The topological polar surface area (TPSA) is 82.2 Å². The highest BCUT2D eigenvalue weighted by Crippen LogP contribution is 2.07. The van der Waals surface area contributed by atoms with Crippen LogP contribution in [0, 0.1) is 5.92 Å². The second-order valence-electron chi connectivity index (χ2n) is 4.08. The van der Waals surface area contributed by atoms with Gasteiger partial charge in [-0.25, -0.2) is 0 Å². The Morgan fingerprint density at radius 2 is 2.47 bits per heavy atom. The Kier molecular flexibility index (Phi) is 5.65. The number of carbonyl (C=O) groups is 1. The van der Waals surface area contributed by atoms with E-state index in [0.717, 1.165) is 0 Å². The molecule has 0 aliphatic heterocycles. The van der Waals surface area contributed by atoms with Gasteiger partial charge in [-0.1, -0.05) is 6.92 Å². The molecule has 3 N–H and O–H groups in total. The van der Waals surface area contributed by atoms with Crippen molar-refractivity contribution >= 4 is 11.6 Å². The number of nitrogens with zero attached hydrogens (tertiary/aromatic N) is 2. The third-order valence-corrected chi connectivity index (χ3v) is 2.38. The predicted octanol–water partition coefficient (Wildman–Crippen LogP) is 0.453. The van der Waals surface area contributed by atoms with Gasteiger partial charge in [0.05, 0.1) is 25.0 Å². The van der Waals surface area contributed by atoms with Crippen molar-refractivity contribution in [2.24, 2.45) is 11.7 Å². The second-order valence-corrected chi connectivity index (χ2v) is 4.08. The molecule has 6 nitrogen and oxygen atoms in total. The number of rotatable bonds is 7. The van der Waals surface area contributed by atoms with Crippen LogP contribution in [0.2, 0.25) is 0 Å². The Bertz CT molecular complexity index is 351. The van der Waals surface area contributed by atoms with E-state index in [1.165, 1.54) is 0 Å². The van der Waals surface area contributed by atoms with Crippen molar-refractivity contribution in [3.63, 3.8) is 0 Å². The summed E-state index contributed by atoms with van der Waals surface area (Å²) in [7, 11) is 1.64. The van der Waals surface area contributed by atoms with Crippen LogP contribution < -0.4 is 11.1 Å². The molecule has 17 heavy (non-hydrogen) atoms. The summed E-state index contributed by atoms with van der Waals surface area (Å²) in [5, 5.41) is 6.89. The molecule has 0 aliphatic carbocycles. The first-order chi connectivity index (χ1) is 8.15. The minimum absolute atomic E-state index is 0.0331. The van der Waals surface area contributed by atoms with Gasteiger partial charge in [0.1, 0.15) is 0 Å². The van der Waals surface area contributed by atoms with E-state index in [1.54, 1.807) is 24.2 Å². The molecule has 0 saturated carbocycles. The Labute approximate surface area is 101 Å². The number of carbonyl (C=O) groups excluding carboxylic acids is 1. The van der Waals surface area contributed by atoms with Gasteiger partial charge in [-0.05, 0) is 12.5 Å². The number of nitrogens with two attached hydrogens (primary N) is 1. The molecule has 1 rings (SSSR count). The molecule has 1 unspecified atom stereocenters. The first-order valence-electron chi connectivity index (χ1n) is 5.67. The van der Waals surface area contributed by atoms with Crippen LogP contribution in [0.4, 0.5) is 5.69 Å². The van der Waals surface area contributed by atoms with Crippen LogP contribution in [-0.4, -0.2) is 35.9 Å². The lowest BCUT2D eigenvalue weighted by atomic mass is 10.1. The summed E-state index contributed by atoms with van der Waals surface area (Å²) < 4.78 is 6.67. The number of hydrogen-bond donors (Lipinski definition) is 2. The van der Waals surface area contributed by atoms with Crippen LogP contribution in [0.5, 0.6) is 0 Å². The highest BCUT2D eigenvalue weighted by Gasteiger charge is 2.08. The van der Waals surface area contributed by atoms with Gasteiger partial charge in [0.2, 0.25) is 5.91 Å². The van der Waals surface area contributed by atoms with Crippen LogP contribution >= 0.6 is 0 Å². The Hall–Kier alpha value is -1.40. The molecule has 1 aromatic heterocycles. The molecule has 1 atom stereocenters. The minimum atomic E-state index is -0.0331. The average Bonchev–Trinajstić information content (AvgIpc) is 2.73. The van der Waals surface area contributed by atoms with Crippen LogP contribution in [0.15, 0.2) is 12.4 Å². The molecule has 96 valence electrons. The largest absolute Gasteiger partial charge is 0.383 e. The smallest absolute Gasteiger partial charge is 0.224 e. The molecule has 0 saturated heterocycles. The van der Waals surface area contributed by atoms with Crippen molar-refractivity contribution < 1.29 is 9.53 Å². The van der Waals surface area contributed by atoms with Gasteiger partial charge in [0.25, 0.3) is 0 Å². The van der Waals surface area contributed by atoms with Gasteiger partial charge in [-0.15, -0.1) is 0 Å². The third kappa shape index (κ3) is 4.97. The average molecular weight is 240 g/mol. The number of ether oxygens (including phenoxy) is 1. The van der Waals surface area contributed by atoms with Crippen molar-refractivity contribution in [1.29, 1.82) is 0 Å². The van der Waals surface area contributed by atoms with Crippen molar-refractivity contribution in [3.05, 3.63) is 12.4 Å². The van der Waals surface area contributed by atoms with E-state index in [4.69, 9.17) is 10.5 Å². The summed E-state index contributed by atoms with van der Waals surface area (Å²) in [6, 6.07) is 0. The minimum Gasteiger partial charge on any atom is -0.383 e. The molecule has 6 heteroatoms. The molecule has 0 radical (unpaired) electrons. The second kappa shape index (κ2) is 7.03. The molecule has 0 spiro atoms. The lowest BCUT2D eigenvalue weighted by molar-refractivity contribution is -0.116. The van der Waals surface area contributed by atoms with Crippen molar-refractivity contribution in [2.45, 2.75) is 19.9 Å². The van der Waals surface area contributed by atoms with Gasteiger partial charge >= 0.3 is 0 Å². The molecule has 1 amide bonds. The standard InChI is InChI=1S/C11H20N4O2/c1-9(6-12)5-11(16)14-10-7-13-15(8-10)3-4-17-2/h7-9H,3-6,12H2,1-2H3,(H,14,16). The van der Waals surface area contributed by atoms with Crippen LogP contribution in [0.3, 0.4) is 0 Å². The van der Waals surface area contributed by atoms with Crippen LogP contribution in [-0.2, 0) is 16.1 Å². The van der Waals surface area contributed by atoms with Crippen LogP contribution in [0.1, 0.15) is 13.3 Å². The van der Waals surface area contributed by atoms with E-state index >= 15 is 0 Å². The first-order valence-corrected chi connectivity index (χ1v) is 5.67. The van der Waals surface area contributed by atoms with E-state index in [0.29, 0.717) is 31.8 Å². The predicted molar refractivity (Wildman–Crippen MR) is 65.6 cm³/mol. The molecule has 0 fully saturated rings. The van der Waals surface area contributed by atoms with E-state index in [9.17, 15) is 4.79 Å². The molecular formula is C11H20N4O2. The Morgan fingerprint density at radius 1 is 1.71 bits per heavy atom. The summed E-state index contributed by atoms with van der Waals surface area (Å²) in [6.45, 7) is 3.73. The summed E-state index contributed by atoms with van der Waals surface area (Å²) in [6.07, 6.45) is 3.84. The van der Waals surface area contributed by atoms with E-state index in [1.807, 2.05) is 6.92 Å². The number of hydrogen-bond acceptors (Lipinski definition) is 4. The van der Waals surface area contributed by atoms with Crippen molar-refractivity contribution in [1.82, 2.24) is 9.78 Å². The summed E-state index contributed by atoms with van der Waals surface area (Å²) in [5.74, 6) is 0.160. The number of amides is 1. The van der Waals surface area contributed by atoms with E-state index < -0.39 is 0 Å². The quantitative estimate of drug-likeness (QED) is 0.725. The fraction of sp³-hybridized carbons (Fsp3) is 0.636. The summed E-state index contributed by atoms with van der Waals surface area (Å²) in [4.78, 5) is 11.6. The van der Waals surface area contributed by atoms with Crippen molar-refractivity contribution in [2.75, 3.05) is 25.6 Å². The molecular weight excluding hydrogens is 220 g/mol. The fourth-order valence-electron chi connectivity index (χ4n) is 1.35. The molecule has 1 aromatic rings. The van der Waals surface area contributed by atoms with Gasteiger partial charge in [-0.3, -0.25) is 9.48 Å². The van der Waals surface area contributed by atoms with Gasteiger partial charge in [0.15, 0.2) is 0 Å². The zero-order valence-electron chi connectivity index (χ0n) is 10.3. The third-order valence-electron chi connectivity index (χ3n) is 2.38. The van der Waals surface area contributed by atoms with Crippen LogP contribution in [0.25, 0.3) is 0 Å². The van der Waals surface area contributed by atoms with Crippen molar-refractivity contribution in [3.8, 4) is 0 Å². The van der Waals surface area contributed by atoms with Gasteiger partial charge in [-0.2, -0.15) is 5.10 Å². The number of methoxy groups -OCH3 is 1. The lowest BCUT2D eigenvalue weighted by Gasteiger charge is -2.07. The number of aromatic nitrogens is 2. The van der Waals surface area contributed by atoms with E-state index in [-0.39, 0.29) is 11.8 Å². The molecule has 0 aliphatic rings. The monoisotopic (exact) mass is 240 g/mol. The first kappa shape index (κ1) is 13.7. The van der Waals surface area contributed by atoms with Gasteiger partial charge in [0, 0.05) is 19.7 Å². The maximum absolute atomic E-state index is 11.6. The van der Waals surface area contributed by atoms with E-state index in [2.05, 4.69) is 10.4 Å².